The summed E-state index contributed by atoms with van der Waals surface area (Å²) in [6.45, 7) is 4.22. The van der Waals surface area contributed by atoms with E-state index in [0.29, 0.717) is 22.2 Å². The van der Waals surface area contributed by atoms with Gasteiger partial charge in [0, 0.05) is 5.69 Å². The van der Waals surface area contributed by atoms with Crippen LogP contribution in [-0.2, 0) is 6.42 Å². The van der Waals surface area contributed by atoms with Gasteiger partial charge in [0.15, 0.2) is 0 Å². The van der Waals surface area contributed by atoms with E-state index in [9.17, 15) is 0 Å². The second-order valence-electron chi connectivity index (χ2n) is 3.74. The third-order valence-corrected chi connectivity index (χ3v) is 2.29. The van der Waals surface area contributed by atoms with E-state index in [0.717, 1.165) is 12.0 Å². The van der Waals surface area contributed by atoms with Crippen LogP contribution in [0.25, 0.3) is 0 Å². The van der Waals surface area contributed by atoms with E-state index in [-0.39, 0.29) is 0 Å². The quantitative estimate of drug-likeness (QED) is 0.760. The Morgan fingerprint density at radius 2 is 2.14 bits per heavy atom. The minimum absolute atomic E-state index is 0.428. The minimum atomic E-state index is 0.428. The summed E-state index contributed by atoms with van der Waals surface area (Å²) in [4.78, 5) is 0. The number of nitrogens with zero attached hydrogens (tertiary/aromatic N) is 1. The minimum Gasteiger partial charge on any atom is -0.398 e. The number of nitrogen functional groups attached to an aromatic ring is 1. The van der Waals surface area contributed by atoms with Crippen LogP contribution < -0.4 is 5.73 Å². The first kappa shape index (κ1) is 10.9. The Balaban J connectivity index is 3.12. The molecule has 0 saturated carbocycles. The van der Waals surface area contributed by atoms with Gasteiger partial charge in [-0.05, 0) is 30.0 Å². The number of nitrogens with two attached hydrogens (primary N) is 1. The summed E-state index contributed by atoms with van der Waals surface area (Å²) < 4.78 is 0. The summed E-state index contributed by atoms with van der Waals surface area (Å²) in [7, 11) is 0. The van der Waals surface area contributed by atoms with Gasteiger partial charge in [-0.2, -0.15) is 5.26 Å². The number of hydrogen-bond acceptors (Lipinski definition) is 2. The Hall–Kier alpha value is -1.20. The Labute approximate surface area is 89.3 Å². The molecule has 1 aromatic carbocycles. The van der Waals surface area contributed by atoms with Crippen molar-refractivity contribution in [2.45, 2.75) is 20.3 Å². The van der Waals surface area contributed by atoms with Crippen LogP contribution in [0.4, 0.5) is 5.69 Å². The zero-order valence-corrected chi connectivity index (χ0v) is 9.10. The standard InChI is InChI=1S/C11H13ClN2/c1-7(2)3-8-4-9(6-13)10(12)5-11(8)14/h4-5,7H,3,14H2,1-2H3. The number of halogens is 1. The van der Waals surface area contributed by atoms with Crippen molar-refractivity contribution in [1.82, 2.24) is 0 Å². The fourth-order valence-corrected chi connectivity index (χ4v) is 1.55. The van der Waals surface area contributed by atoms with Crippen molar-refractivity contribution >= 4 is 17.3 Å². The summed E-state index contributed by atoms with van der Waals surface area (Å²) in [5, 5.41) is 9.22. The average molecular weight is 209 g/mol. The van der Waals surface area contributed by atoms with Crippen LogP contribution in [0.15, 0.2) is 12.1 Å². The van der Waals surface area contributed by atoms with Gasteiger partial charge in [0.05, 0.1) is 10.6 Å². The normalized spacial score (nSPS) is 10.2. The Kier molecular flexibility index (Phi) is 3.38. The predicted molar refractivity (Wildman–Crippen MR) is 59.1 cm³/mol. The van der Waals surface area contributed by atoms with E-state index >= 15 is 0 Å². The van der Waals surface area contributed by atoms with E-state index in [2.05, 4.69) is 13.8 Å². The van der Waals surface area contributed by atoms with Crippen LogP contribution in [0.2, 0.25) is 5.02 Å². The molecule has 0 unspecified atom stereocenters. The fraction of sp³-hybridized carbons (Fsp3) is 0.364. The van der Waals surface area contributed by atoms with Gasteiger partial charge in [-0.3, -0.25) is 0 Å². The highest BCUT2D eigenvalue weighted by Crippen LogP contribution is 2.24. The first-order valence-corrected chi connectivity index (χ1v) is 4.90. The van der Waals surface area contributed by atoms with Gasteiger partial charge in [0.2, 0.25) is 0 Å². The van der Waals surface area contributed by atoms with Gasteiger partial charge < -0.3 is 5.73 Å². The second-order valence-corrected chi connectivity index (χ2v) is 4.15. The fourth-order valence-electron chi connectivity index (χ4n) is 1.34. The lowest BCUT2D eigenvalue weighted by atomic mass is 9.99. The smallest absolute Gasteiger partial charge is 0.101 e. The molecule has 0 spiro atoms. The average Bonchev–Trinajstić information content (AvgIpc) is 2.09. The van der Waals surface area contributed by atoms with Crippen molar-refractivity contribution in [2.75, 3.05) is 5.73 Å². The first-order valence-electron chi connectivity index (χ1n) is 4.52. The number of hydrogen-bond donors (Lipinski definition) is 1. The molecule has 74 valence electrons. The number of rotatable bonds is 2. The summed E-state index contributed by atoms with van der Waals surface area (Å²) in [5.74, 6) is 0.519. The van der Waals surface area contributed by atoms with Gasteiger partial charge in [0.1, 0.15) is 6.07 Å². The molecule has 0 radical (unpaired) electrons. The maximum atomic E-state index is 8.79. The largest absolute Gasteiger partial charge is 0.398 e. The van der Waals surface area contributed by atoms with Crippen molar-refractivity contribution in [1.29, 1.82) is 5.26 Å². The van der Waals surface area contributed by atoms with Crippen LogP contribution >= 0.6 is 11.6 Å². The van der Waals surface area contributed by atoms with Crippen molar-refractivity contribution in [3.63, 3.8) is 0 Å². The molecule has 14 heavy (non-hydrogen) atoms. The topological polar surface area (TPSA) is 49.8 Å². The Morgan fingerprint density at radius 3 is 2.64 bits per heavy atom. The summed E-state index contributed by atoms with van der Waals surface area (Å²) >= 11 is 5.84. The van der Waals surface area contributed by atoms with Gasteiger partial charge in [-0.1, -0.05) is 25.4 Å². The predicted octanol–water partition coefficient (Wildman–Crippen LogP) is 2.99. The lowest BCUT2D eigenvalue weighted by Gasteiger charge is -2.09. The molecule has 0 amide bonds. The lowest BCUT2D eigenvalue weighted by molar-refractivity contribution is 0.648. The summed E-state index contributed by atoms with van der Waals surface area (Å²) in [6.07, 6.45) is 0.873. The SMILES string of the molecule is CC(C)Cc1cc(C#N)c(Cl)cc1N. The van der Waals surface area contributed by atoms with Gasteiger partial charge in [0.25, 0.3) is 0 Å². The highest BCUT2D eigenvalue weighted by molar-refractivity contribution is 6.32. The van der Waals surface area contributed by atoms with E-state index in [1.807, 2.05) is 6.07 Å². The van der Waals surface area contributed by atoms with Crippen LogP contribution in [0.1, 0.15) is 25.0 Å². The van der Waals surface area contributed by atoms with Crippen molar-refractivity contribution in [2.24, 2.45) is 5.92 Å². The molecule has 1 rings (SSSR count). The summed E-state index contributed by atoms with van der Waals surface area (Å²) in [6, 6.07) is 5.47. The molecular formula is C11H13ClN2. The maximum Gasteiger partial charge on any atom is 0.101 e. The van der Waals surface area contributed by atoms with Crippen molar-refractivity contribution in [3.8, 4) is 6.07 Å². The third kappa shape index (κ3) is 2.40. The van der Waals surface area contributed by atoms with Gasteiger partial charge >= 0.3 is 0 Å². The molecule has 3 heteroatoms. The highest BCUT2D eigenvalue weighted by atomic mass is 35.5. The lowest BCUT2D eigenvalue weighted by Crippen LogP contribution is -2.00. The molecule has 0 aliphatic rings. The molecule has 0 heterocycles. The van der Waals surface area contributed by atoms with Crippen LogP contribution in [0, 0.1) is 17.2 Å². The van der Waals surface area contributed by atoms with E-state index < -0.39 is 0 Å². The molecule has 1 aromatic rings. The molecule has 0 saturated heterocycles. The molecule has 2 nitrogen and oxygen atoms in total. The zero-order valence-electron chi connectivity index (χ0n) is 8.34. The molecule has 2 N–H and O–H groups in total. The molecule has 0 aliphatic heterocycles. The van der Waals surface area contributed by atoms with Gasteiger partial charge in [-0.15, -0.1) is 0 Å². The van der Waals surface area contributed by atoms with Crippen LogP contribution in [-0.4, -0.2) is 0 Å². The molecular weight excluding hydrogens is 196 g/mol. The molecule has 0 atom stereocenters. The van der Waals surface area contributed by atoms with E-state index in [1.165, 1.54) is 0 Å². The third-order valence-electron chi connectivity index (χ3n) is 1.98. The first-order chi connectivity index (χ1) is 6.54. The number of benzene rings is 1. The van der Waals surface area contributed by atoms with Gasteiger partial charge in [-0.25, -0.2) is 0 Å². The molecule has 0 aliphatic carbocycles. The van der Waals surface area contributed by atoms with Crippen molar-refractivity contribution < 1.29 is 0 Å². The zero-order chi connectivity index (χ0) is 10.7. The van der Waals surface area contributed by atoms with E-state index in [1.54, 1.807) is 12.1 Å². The summed E-state index contributed by atoms with van der Waals surface area (Å²) in [5.41, 5.74) is 7.97. The molecule has 0 aromatic heterocycles. The number of anilines is 1. The van der Waals surface area contributed by atoms with Crippen LogP contribution in [0.5, 0.6) is 0 Å². The second kappa shape index (κ2) is 4.34. The maximum absolute atomic E-state index is 8.79. The highest BCUT2D eigenvalue weighted by Gasteiger charge is 2.07. The Morgan fingerprint density at radius 1 is 1.50 bits per heavy atom. The monoisotopic (exact) mass is 208 g/mol. The van der Waals surface area contributed by atoms with Crippen molar-refractivity contribution in [3.05, 3.63) is 28.3 Å². The Bertz CT molecular complexity index is 378. The molecule has 0 bridgehead atoms. The van der Waals surface area contributed by atoms with E-state index in [4.69, 9.17) is 22.6 Å². The van der Waals surface area contributed by atoms with Crippen LogP contribution in [0.3, 0.4) is 0 Å². The number of nitriles is 1. The molecule has 0 fully saturated rings.